The van der Waals surface area contributed by atoms with E-state index in [1.54, 1.807) is 0 Å². The van der Waals surface area contributed by atoms with Crippen LogP contribution in [0, 0.1) is 0 Å². The molecule has 9 heteroatoms. The summed E-state index contributed by atoms with van der Waals surface area (Å²) in [5.74, 6) is 0.266. The van der Waals surface area contributed by atoms with Gasteiger partial charge in [0.25, 0.3) is 0 Å². The maximum Gasteiger partial charge on any atom is 1.00 e. The zero-order valence-corrected chi connectivity index (χ0v) is 14.3. The number of halogens is 1. The van der Waals surface area contributed by atoms with Crippen molar-refractivity contribution in [3.05, 3.63) is 24.3 Å². The summed E-state index contributed by atoms with van der Waals surface area (Å²) in [4.78, 5) is 10.8. The topological polar surface area (TPSA) is 98.3 Å². The van der Waals surface area contributed by atoms with Crippen molar-refractivity contribution in [2.24, 2.45) is 0 Å². The van der Waals surface area contributed by atoms with E-state index >= 15 is 0 Å². The van der Waals surface area contributed by atoms with E-state index in [0.29, 0.717) is 0 Å². The van der Waals surface area contributed by atoms with Crippen LogP contribution >= 0.6 is 11.6 Å². The minimum atomic E-state index is -4.52. The maximum atomic E-state index is 11.2. The fourth-order valence-electron chi connectivity index (χ4n) is 1.07. The van der Waals surface area contributed by atoms with E-state index < -0.39 is 21.0 Å². The summed E-state index contributed by atoms with van der Waals surface area (Å²) in [6.45, 7) is 0.285. The maximum absolute atomic E-state index is 11.2. The Labute approximate surface area is 153 Å². The first-order valence-electron chi connectivity index (χ1n) is 4.60. The molecule has 18 heavy (non-hydrogen) atoms. The average Bonchev–Trinajstić information content (AvgIpc) is 2.25. The van der Waals surface area contributed by atoms with Gasteiger partial charge in [0, 0.05) is 18.1 Å². The van der Waals surface area contributed by atoms with Crippen LogP contribution in [0.25, 0.3) is 0 Å². The Hall–Kier alpha value is 0.326. The first-order valence-corrected chi connectivity index (χ1v) is 6.54. The Morgan fingerprint density at radius 1 is 1.39 bits per heavy atom. The number of alkyl halides is 1. The van der Waals surface area contributed by atoms with Crippen molar-refractivity contribution in [1.82, 2.24) is 5.32 Å². The van der Waals surface area contributed by atoms with Crippen molar-refractivity contribution in [2.45, 2.75) is 4.90 Å². The van der Waals surface area contributed by atoms with Gasteiger partial charge in [-0.3, -0.25) is 0 Å². The molecular formula is C9H10ClKN2O4S. The van der Waals surface area contributed by atoms with Gasteiger partial charge in [0.1, 0.15) is 10.1 Å². The van der Waals surface area contributed by atoms with Crippen LogP contribution < -0.4 is 62.0 Å². The molecule has 6 nitrogen and oxygen atoms in total. The van der Waals surface area contributed by atoms with Gasteiger partial charge in [-0.15, -0.1) is 11.6 Å². The zero-order chi connectivity index (χ0) is 12.9. The standard InChI is InChI=1S/C9H11ClN2O4S.K/c10-4-5-11-9(13)12-7-2-1-3-8(6-7)17(14,15)16;/h1-3,6H,4-5H2,(H2,11,12,13)(H,14,15,16);/q;+1/p-1. The van der Waals surface area contributed by atoms with E-state index in [1.807, 2.05) is 0 Å². The van der Waals surface area contributed by atoms with E-state index in [4.69, 9.17) is 11.6 Å². The summed E-state index contributed by atoms with van der Waals surface area (Å²) in [6.07, 6.45) is 0. The Morgan fingerprint density at radius 2 is 2.06 bits per heavy atom. The van der Waals surface area contributed by atoms with E-state index in [1.165, 1.54) is 12.1 Å². The van der Waals surface area contributed by atoms with E-state index in [9.17, 15) is 17.8 Å². The number of hydrogen-bond donors (Lipinski definition) is 2. The number of benzene rings is 1. The smallest absolute Gasteiger partial charge is 0.744 e. The van der Waals surface area contributed by atoms with Gasteiger partial charge in [-0.05, 0) is 18.2 Å². The van der Waals surface area contributed by atoms with Gasteiger partial charge in [-0.25, -0.2) is 13.2 Å². The molecule has 0 aromatic heterocycles. The Morgan fingerprint density at radius 3 is 2.61 bits per heavy atom. The van der Waals surface area contributed by atoms with Crippen molar-refractivity contribution in [1.29, 1.82) is 0 Å². The second-order valence-corrected chi connectivity index (χ2v) is 4.81. The fraction of sp³-hybridized carbons (Fsp3) is 0.222. The molecule has 0 fully saturated rings. The van der Waals surface area contributed by atoms with Crippen molar-refractivity contribution in [3.63, 3.8) is 0 Å². The molecule has 0 saturated heterocycles. The predicted molar refractivity (Wildman–Crippen MR) is 62.1 cm³/mol. The second kappa shape index (κ2) is 8.49. The van der Waals surface area contributed by atoms with E-state index in [-0.39, 0.29) is 69.5 Å². The van der Waals surface area contributed by atoms with Crippen LogP contribution in [0.1, 0.15) is 0 Å². The molecule has 0 heterocycles. The molecule has 0 atom stereocenters. The van der Waals surface area contributed by atoms with Gasteiger partial charge < -0.3 is 15.2 Å². The SMILES string of the molecule is O=C(NCCCl)Nc1cccc(S(=O)(=O)[O-])c1.[K+]. The van der Waals surface area contributed by atoms with Gasteiger partial charge in [-0.2, -0.15) is 0 Å². The van der Waals surface area contributed by atoms with Gasteiger partial charge in [-0.1, -0.05) is 6.07 Å². The number of carbonyl (C=O) groups is 1. The molecule has 0 radical (unpaired) electrons. The van der Waals surface area contributed by atoms with E-state index in [2.05, 4.69) is 10.6 Å². The number of urea groups is 1. The van der Waals surface area contributed by atoms with Crippen molar-refractivity contribution in [3.8, 4) is 0 Å². The largest absolute Gasteiger partial charge is 1.00 e. The van der Waals surface area contributed by atoms with Gasteiger partial charge in [0.2, 0.25) is 0 Å². The number of anilines is 1. The van der Waals surface area contributed by atoms with Crippen LogP contribution in [-0.4, -0.2) is 31.4 Å². The van der Waals surface area contributed by atoms with Crippen molar-refractivity contribution >= 4 is 33.4 Å². The molecule has 1 aromatic carbocycles. The summed E-state index contributed by atoms with van der Waals surface area (Å²) >= 11 is 5.37. The Kier molecular flexibility index (Phi) is 8.64. The number of rotatable bonds is 4. The summed E-state index contributed by atoms with van der Waals surface area (Å²) in [6, 6.07) is 4.55. The fourth-order valence-corrected chi connectivity index (χ4v) is 1.68. The molecule has 94 valence electrons. The molecule has 1 rings (SSSR count). The van der Waals surface area contributed by atoms with Crippen LogP contribution in [0.15, 0.2) is 29.2 Å². The molecule has 0 spiro atoms. The first-order chi connectivity index (χ1) is 7.93. The van der Waals surface area contributed by atoms with Crippen LogP contribution in [0.4, 0.5) is 10.5 Å². The summed E-state index contributed by atoms with van der Waals surface area (Å²) in [7, 11) is -4.52. The first kappa shape index (κ1) is 18.3. The van der Waals surface area contributed by atoms with Gasteiger partial charge >= 0.3 is 57.4 Å². The molecule has 0 aliphatic heterocycles. The quantitative estimate of drug-likeness (QED) is 0.380. The van der Waals surface area contributed by atoms with Crippen LogP contribution in [0.2, 0.25) is 0 Å². The molecule has 0 unspecified atom stereocenters. The Bertz CT molecular complexity index is 509. The van der Waals surface area contributed by atoms with Crippen LogP contribution in [-0.2, 0) is 10.1 Å². The summed E-state index contributed by atoms with van der Waals surface area (Å²) in [5.41, 5.74) is 0.217. The normalized spacial score (nSPS) is 10.3. The van der Waals surface area contributed by atoms with Crippen LogP contribution in [0.5, 0.6) is 0 Å². The third kappa shape index (κ3) is 6.48. The summed E-state index contributed by atoms with van der Waals surface area (Å²) in [5, 5.41) is 4.81. The van der Waals surface area contributed by atoms with E-state index in [0.717, 1.165) is 12.1 Å². The monoisotopic (exact) mass is 316 g/mol. The number of nitrogens with one attached hydrogen (secondary N) is 2. The van der Waals surface area contributed by atoms with Gasteiger partial charge in [0.05, 0.1) is 4.90 Å². The minimum Gasteiger partial charge on any atom is -0.744 e. The molecule has 0 aliphatic carbocycles. The molecule has 2 N–H and O–H groups in total. The predicted octanol–water partition coefficient (Wildman–Crippen LogP) is -2.04. The molecule has 0 aliphatic rings. The third-order valence-electron chi connectivity index (χ3n) is 1.76. The van der Waals surface area contributed by atoms with Crippen molar-refractivity contribution in [2.75, 3.05) is 17.7 Å². The molecule has 1 aromatic rings. The molecular weight excluding hydrogens is 307 g/mol. The second-order valence-electron chi connectivity index (χ2n) is 3.05. The number of carbonyl (C=O) groups excluding carboxylic acids is 1. The van der Waals surface area contributed by atoms with Crippen molar-refractivity contribution < 1.29 is 69.1 Å². The third-order valence-corrected chi connectivity index (χ3v) is 2.78. The molecule has 2 amide bonds. The number of amides is 2. The number of hydrogen-bond acceptors (Lipinski definition) is 4. The van der Waals surface area contributed by atoms with Gasteiger partial charge in [0.15, 0.2) is 0 Å². The minimum absolute atomic E-state index is 0. The average molecular weight is 317 g/mol. The summed E-state index contributed by atoms with van der Waals surface area (Å²) < 4.78 is 32.2. The molecule has 0 saturated carbocycles. The Balaban J connectivity index is 0.00000289. The van der Waals surface area contributed by atoms with Crippen LogP contribution in [0.3, 0.4) is 0 Å². The molecule has 0 bridgehead atoms. The zero-order valence-electron chi connectivity index (χ0n) is 9.64.